The zero-order valence-corrected chi connectivity index (χ0v) is 12.9. The second-order valence-corrected chi connectivity index (χ2v) is 5.47. The molecule has 0 atom stereocenters. The van der Waals surface area contributed by atoms with E-state index in [1.54, 1.807) is 37.3 Å². The van der Waals surface area contributed by atoms with Gasteiger partial charge >= 0.3 is 0 Å². The summed E-state index contributed by atoms with van der Waals surface area (Å²) in [6.07, 6.45) is 5.06. The van der Waals surface area contributed by atoms with Crippen molar-refractivity contribution in [2.45, 2.75) is 0 Å². The van der Waals surface area contributed by atoms with E-state index < -0.39 is 11.6 Å². The van der Waals surface area contributed by atoms with Crippen LogP contribution in [-0.4, -0.2) is 19.1 Å². The molecule has 1 aromatic heterocycles. The molecule has 0 saturated heterocycles. The van der Waals surface area contributed by atoms with Crippen LogP contribution in [0.2, 0.25) is 0 Å². The van der Waals surface area contributed by atoms with Gasteiger partial charge in [0.15, 0.2) is 0 Å². The molecule has 0 aliphatic carbocycles. The molecular weight excluding hydrogens is 294 g/mol. The van der Waals surface area contributed by atoms with Gasteiger partial charge in [-0.15, -0.1) is 0 Å². The van der Waals surface area contributed by atoms with E-state index in [1.807, 2.05) is 30.3 Å². The zero-order valence-electron chi connectivity index (χ0n) is 12.9. The fourth-order valence-corrected chi connectivity index (χ4v) is 2.47. The van der Waals surface area contributed by atoms with Gasteiger partial charge in [0.05, 0.1) is 11.2 Å². The minimum absolute atomic E-state index is 0.217. The largest absolute Gasteiger partial charge is 0.375 e. The van der Waals surface area contributed by atoms with E-state index in [0.717, 1.165) is 16.5 Å². The van der Waals surface area contributed by atoms with Gasteiger partial charge in [0.2, 0.25) is 0 Å². The quantitative estimate of drug-likeness (QED) is 0.694. The van der Waals surface area contributed by atoms with Gasteiger partial charge in [-0.25, -0.2) is 8.78 Å². The maximum absolute atomic E-state index is 14.2. The summed E-state index contributed by atoms with van der Waals surface area (Å²) in [4.78, 5) is 5.83. The normalized spacial score (nSPS) is 11.3. The van der Waals surface area contributed by atoms with Gasteiger partial charge in [0.25, 0.3) is 0 Å². The first-order chi connectivity index (χ1) is 11.1. The summed E-state index contributed by atoms with van der Waals surface area (Å²) in [5, 5.41) is 0.969. The number of fused-ring (bicyclic) bond motifs is 1. The monoisotopic (exact) mass is 310 g/mol. The van der Waals surface area contributed by atoms with Crippen LogP contribution in [0.15, 0.2) is 48.7 Å². The molecule has 3 rings (SSSR count). The molecule has 2 nitrogen and oxygen atoms in total. The topological polar surface area (TPSA) is 16.1 Å². The summed E-state index contributed by atoms with van der Waals surface area (Å²) in [6.45, 7) is 0. The molecule has 0 aliphatic rings. The predicted molar refractivity (Wildman–Crippen MR) is 91.4 cm³/mol. The molecule has 0 bridgehead atoms. The number of nitrogens with zero attached hydrogens (tertiary/aromatic N) is 2. The van der Waals surface area contributed by atoms with E-state index in [9.17, 15) is 8.78 Å². The SMILES string of the molecule is CN(C)c1cc(F)c(/C=C/c2ccnc3ccccc23)cc1F. The fourth-order valence-electron chi connectivity index (χ4n) is 2.47. The van der Waals surface area contributed by atoms with Crippen molar-refractivity contribution in [3.63, 3.8) is 0 Å². The number of para-hydroxylation sites is 1. The highest BCUT2D eigenvalue weighted by Crippen LogP contribution is 2.24. The summed E-state index contributed by atoms with van der Waals surface area (Å²) >= 11 is 0. The van der Waals surface area contributed by atoms with Crippen LogP contribution in [0, 0.1) is 11.6 Å². The van der Waals surface area contributed by atoms with E-state index >= 15 is 0 Å². The average molecular weight is 310 g/mol. The van der Waals surface area contributed by atoms with Crippen LogP contribution in [0.3, 0.4) is 0 Å². The third kappa shape index (κ3) is 3.06. The predicted octanol–water partition coefficient (Wildman–Crippen LogP) is 4.75. The highest BCUT2D eigenvalue weighted by atomic mass is 19.1. The Morgan fingerprint density at radius 1 is 0.913 bits per heavy atom. The van der Waals surface area contributed by atoms with E-state index in [2.05, 4.69) is 4.98 Å². The molecular formula is C19H16F2N2. The van der Waals surface area contributed by atoms with Crippen LogP contribution in [0.5, 0.6) is 0 Å². The van der Waals surface area contributed by atoms with E-state index in [0.29, 0.717) is 0 Å². The molecule has 0 radical (unpaired) electrons. The standard InChI is InChI=1S/C19H16F2N2/c1-23(2)19-12-16(20)14(11-17(19)21)8-7-13-9-10-22-18-6-4-3-5-15(13)18/h3-12H,1-2H3/b8-7+. The Morgan fingerprint density at radius 2 is 1.65 bits per heavy atom. The number of hydrogen-bond acceptors (Lipinski definition) is 2. The van der Waals surface area contributed by atoms with Crippen molar-refractivity contribution in [2.75, 3.05) is 19.0 Å². The Bertz CT molecular complexity index is 880. The van der Waals surface area contributed by atoms with Gasteiger partial charge in [-0.3, -0.25) is 4.98 Å². The number of hydrogen-bond donors (Lipinski definition) is 0. The van der Waals surface area contributed by atoms with E-state index in [1.165, 1.54) is 12.1 Å². The van der Waals surface area contributed by atoms with Crippen molar-refractivity contribution in [3.05, 3.63) is 71.4 Å². The van der Waals surface area contributed by atoms with E-state index in [-0.39, 0.29) is 11.3 Å². The van der Waals surface area contributed by atoms with Gasteiger partial charge in [-0.2, -0.15) is 0 Å². The zero-order chi connectivity index (χ0) is 16.4. The molecule has 3 aromatic rings. The smallest absolute Gasteiger partial charge is 0.147 e. The number of halogens is 2. The Balaban J connectivity index is 2.01. The second kappa shape index (κ2) is 6.16. The van der Waals surface area contributed by atoms with Gasteiger partial charge in [-0.1, -0.05) is 30.4 Å². The third-order valence-corrected chi connectivity index (χ3v) is 3.67. The van der Waals surface area contributed by atoms with Gasteiger partial charge in [0.1, 0.15) is 11.6 Å². The van der Waals surface area contributed by atoms with Gasteiger partial charge in [-0.05, 0) is 23.8 Å². The fraction of sp³-hybridized carbons (Fsp3) is 0.105. The summed E-state index contributed by atoms with van der Waals surface area (Å²) < 4.78 is 28.2. The van der Waals surface area contributed by atoms with Gasteiger partial charge < -0.3 is 4.90 Å². The lowest BCUT2D eigenvalue weighted by Crippen LogP contribution is -2.11. The number of benzene rings is 2. The van der Waals surface area contributed by atoms with Crippen molar-refractivity contribution in [2.24, 2.45) is 0 Å². The first kappa shape index (κ1) is 15.2. The molecule has 0 fully saturated rings. The number of rotatable bonds is 3. The summed E-state index contributed by atoms with van der Waals surface area (Å²) in [5.41, 5.74) is 2.22. The highest BCUT2D eigenvalue weighted by Gasteiger charge is 2.09. The number of pyridine rings is 1. The van der Waals surface area contributed by atoms with Crippen LogP contribution in [0.25, 0.3) is 23.1 Å². The summed E-state index contributed by atoms with van der Waals surface area (Å²) in [7, 11) is 3.35. The lowest BCUT2D eigenvalue weighted by atomic mass is 10.1. The molecule has 0 saturated carbocycles. The first-order valence-corrected chi connectivity index (χ1v) is 7.24. The van der Waals surface area contributed by atoms with Crippen molar-refractivity contribution in [3.8, 4) is 0 Å². The Labute approximate surface area is 133 Å². The molecule has 2 aromatic carbocycles. The molecule has 0 N–H and O–H groups in total. The molecule has 0 unspecified atom stereocenters. The Kier molecular flexibility index (Phi) is 4.06. The first-order valence-electron chi connectivity index (χ1n) is 7.24. The minimum atomic E-state index is -0.454. The molecule has 23 heavy (non-hydrogen) atoms. The average Bonchev–Trinajstić information content (AvgIpc) is 2.55. The van der Waals surface area contributed by atoms with Crippen LogP contribution in [0.4, 0.5) is 14.5 Å². The van der Waals surface area contributed by atoms with Crippen LogP contribution >= 0.6 is 0 Å². The van der Waals surface area contributed by atoms with Crippen LogP contribution in [0.1, 0.15) is 11.1 Å². The van der Waals surface area contributed by atoms with Crippen LogP contribution in [-0.2, 0) is 0 Å². The lowest BCUT2D eigenvalue weighted by molar-refractivity contribution is 0.597. The minimum Gasteiger partial charge on any atom is -0.375 e. The highest BCUT2D eigenvalue weighted by molar-refractivity contribution is 5.90. The lowest BCUT2D eigenvalue weighted by Gasteiger charge is -2.14. The van der Waals surface area contributed by atoms with Crippen molar-refractivity contribution >= 4 is 28.7 Å². The second-order valence-electron chi connectivity index (χ2n) is 5.47. The maximum Gasteiger partial charge on any atom is 0.147 e. The molecule has 1 heterocycles. The van der Waals surface area contributed by atoms with Crippen molar-refractivity contribution < 1.29 is 8.78 Å². The number of anilines is 1. The molecule has 0 amide bonds. The molecule has 4 heteroatoms. The Hall–Kier alpha value is -2.75. The van der Waals surface area contributed by atoms with Crippen molar-refractivity contribution in [1.29, 1.82) is 0 Å². The number of aromatic nitrogens is 1. The summed E-state index contributed by atoms with van der Waals surface area (Å²) in [5.74, 6) is -0.902. The Morgan fingerprint density at radius 3 is 2.43 bits per heavy atom. The molecule has 0 aliphatic heterocycles. The van der Waals surface area contributed by atoms with E-state index in [4.69, 9.17) is 0 Å². The third-order valence-electron chi connectivity index (χ3n) is 3.67. The molecule has 0 spiro atoms. The summed E-state index contributed by atoms with van der Waals surface area (Å²) in [6, 6.07) is 12.0. The van der Waals surface area contributed by atoms with Crippen LogP contribution < -0.4 is 4.90 Å². The van der Waals surface area contributed by atoms with Gasteiger partial charge in [0, 0.05) is 37.3 Å². The molecule has 116 valence electrons. The van der Waals surface area contributed by atoms with Crippen molar-refractivity contribution in [1.82, 2.24) is 4.98 Å². The maximum atomic E-state index is 14.2.